The molecule has 1 aromatic carbocycles. The normalized spacial score (nSPS) is 18.8. The number of nitrogens with zero attached hydrogens (tertiary/aromatic N) is 2. The van der Waals surface area contributed by atoms with Gasteiger partial charge in [0.2, 0.25) is 0 Å². The SMILES string of the molecule is Cc1ccc(C(C)(O)Cc2ccn(C3CCCC3)n2)cc1. The van der Waals surface area contributed by atoms with Crippen molar-refractivity contribution in [2.75, 3.05) is 0 Å². The highest BCUT2D eigenvalue weighted by molar-refractivity contribution is 5.27. The maximum atomic E-state index is 10.8. The third-order valence-electron chi connectivity index (χ3n) is 4.56. The number of rotatable bonds is 4. The van der Waals surface area contributed by atoms with Crippen LogP contribution >= 0.6 is 0 Å². The third-order valence-corrected chi connectivity index (χ3v) is 4.56. The summed E-state index contributed by atoms with van der Waals surface area (Å²) in [6.07, 6.45) is 7.69. The van der Waals surface area contributed by atoms with Crippen LogP contribution in [-0.4, -0.2) is 14.9 Å². The smallest absolute Gasteiger partial charge is 0.0924 e. The lowest BCUT2D eigenvalue weighted by molar-refractivity contribution is 0.0563. The van der Waals surface area contributed by atoms with Crippen molar-refractivity contribution in [3.8, 4) is 0 Å². The molecule has 1 unspecified atom stereocenters. The predicted octanol–water partition coefficient (Wildman–Crippen LogP) is 3.76. The van der Waals surface area contributed by atoms with Gasteiger partial charge in [0.05, 0.1) is 17.3 Å². The Labute approximate surface area is 126 Å². The van der Waals surface area contributed by atoms with Crippen LogP contribution in [0.15, 0.2) is 36.5 Å². The van der Waals surface area contributed by atoms with E-state index in [1.54, 1.807) is 0 Å². The zero-order chi connectivity index (χ0) is 14.9. The van der Waals surface area contributed by atoms with E-state index in [1.165, 1.54) is 31.2 Å². The Balaban J connectivity index is 1.74. The summed E-state index contributed by atoms with van der Waals surface area (Å²) in [4.78, 5) is 0. The molecule has 1 fully saturated rings. The molecule has 0 aliphatic heterocycles. The molecule has 0 spiro atoms. The summed E-state index contributed by atoms with van der Waals surface area (Å²) in [5.74, 6) is 0. The van der Waals surface area contributed by atoms with Crippen LogP contribution in [0, 0.1) is 6.92 Å². The molecular weight excluding hydrogens is 260 g/mol. The lowest BCUT2D eigenvalue weighted by atomic mass is 9.91. The van der Waals surface area contributed by atoms with E-state index in [0.717, 1.165) is 11.3 Å². The minimum atomic E-state index is -0.872. The van der Waals surface area contributed by atoms with Gasteiger partial charge in [-0.15, -0.1) is 0 Å². The van der Waals surface area contributed by atoms with Crippen molar-refractivity contribution in [2.45, 2.75) is 57.6 Å². The summed E-state index contributed by atoms with van der Waals surface area (Å²) in [6, 6.07) is 10.7. The van der Waals surface area contributed by atoms with Crippen molar-refractivity contribution in [1.82, 2.24) is 9.78 Å². The minimum Gasteiger partial charge on any atom is -0.385 e. The van der Waals surface area contributed by atoms with Gasteiger partial charge >= 0.3 is 0 Å². The molecule has 0 amide bonds. The molecule has 21 heavy (non-hydrogen) atoms. The second-order valence-corrected chi connectivity index (χ2v) is 6.54. The van der Waals surface area contributed by atoms with Gasteiger partial charge in [-0.05, 0) is 38.3 Å². The maximum Gasteiger partial charge on any atom is 0.0924 e. The van der Waals surface area contributed by atoms with E-state index in [0.29, 0.717) is 12.5 Å². The highest BCUT2D eigenvalue weighted by Gasteiger charge is 2.25. The average molecular weight is 284 g/mol. The van der Waals surface area contributed by atoms with Crippen LogP contribution in [0.5, 0.6) is 0 Å². The Kier molecular flexibility index (Phi) is 3.85. The van der Waals surface area contributed by atoms with Crippen LogP contribution in [0.3, 0.4) is 0 Å². The topological polar surface area (TPSA) is 38.0 Å². The molecular formula is C18H24N2O. The molecule has 3 rings (SSSR count). The standard InChI is InChI=1S/C18H24N2O/c1-14-7-9-15(10-8-14)18(2,21)13-16-11-12-20(19-16)17-5-3-4-6-17/h7-12,17,21H,3-6,13H2,1-2H3. The number of benzene rings is 1. The van der Waals surface area contributed by atoms with Gasteiger partial charge < -0.3 is 5.11 Å². The van der Waals surface area contributed by atoms with Crippen molar-refractivity contribution in [2.24, 2.45) is 0 Å². The number of aryl methyl sites for hydroxylation is 1. The molecule has 2 aromatic rings. The van der Waals surface area contributed by atoms with Crippen LogP contribution in [0.2, 0.25) is 0 Å². The van der Waals surface area contributed by atoms with Gasteiger partial charge in [0.1, 0.15) is 0 Å². The molecule has 1 heterocycles. The lowest BCUT2D eigenvalue weighted by Crippen LogP contribution is -2.24. The Morgan fingerprint density at radius 1 is 1.19 bits per heavy atom. The van der Waals surface area contributed by atoms with Gasteiger partial charge in [-0.3, -0.25) is 4.68 Å². The molecule has 0 radical (unpaired) electrons. The van der Waals surface area contributed by atoms with E-state index in [-0.39, 0.29) is 0 Å². The Hall–Kier alpha value is -1.61. The van der Waals surface area contributed by atoms with Gasteiger partial charge in [0, 0.05) is 12.6 Å². The molecule has 112 valence electrons. The number of aliphatic hydroxyl groups is 1. The second-order valence-electron chi connectivity index (χ2n) is 6.54. The summed E-state index contributed by atoms with van der Waals surface area (Å²) >= 11 is 0. The van der Waals surface area contributed by atoms with Gasteiger partial charge in [-0.25, -0.2) is 0 Å². The summed E-state index contributed by atoms with van der Waals surface area (Å²) < 4.78 is 2.09. The van der Waals surface area contributed by atoms with Crippen LogP contribution in [0.1, 0.15) is 55.5 Å². The fourth-order valence-electron chi connectivity index (χ4n) is 3.21. The molecule has 1 aliphatic rings. The summed E-state index contributed by atoms with van der Waals surface area (Å²) in [5, 5.41) is 15.4. The van der Waals surface area contributed by atoms with Crippen molar-refractivity contribution in [3.05, 3.63) is 53.3 Å². The predicted molar refractivity (Wildman–Crippen MR) is 84.2 cm³/mol. The molecule has 1 aliphatic carbocycles. The molecule has 0 saturated heterocycles. The van der Waals surface area contributed by atoms with Gasteiger partial charge in [-0.2, -0.15) is 5.10 Å². The highest BCUT2D eigenvalue weighted by Crippen LogP contribution is 2.30. The van der Waals surface area contributed by atoms with E-state index >= 15 is 0 Å². The lowest BCUT2D eigenvalue weighted by Gasteiger charge is -2.23. The van der Waals surface area contributed by atoms with Crippen LogP contribution in [-0.2, 0) is 12.0 Å². The Morgan fingerprint density at radius 2 is 1.86 bits per heavy atom. The van der Waals surface area contributed by atoms with E-state index < -0.39 is 5.60 Å². The van der Waals surface area contributed by atoms with Crippen LogP contribution < -0.4 is 0 Å². The quantitative estimate of drug-likeness (QED) is 0.928. The first kappa shape index (κ1) is 14.3. The summed E-state index contributed by atoms with van der Waals surface area (Å²) in [6.45, 7) is 3.92. The van der Waals surface area contributed by atoms with Crippen molar-refractivity contribution in [1.29, 1.82) is 0 Å². The van der Waals surface area contributed by atoms with Gasteiger partial charge in [-0.1, -0.05) is 42.7 Å². The zero-order valence-electron chi connectivity index (χ0n) is 12.9. The fraction of sp³-hybridized carbons (Fsp3) is 0.500. The zero-order valence-corrected chi connectivity index (χ0v) is 12.9. The first-order chi connectivity index (χ1) is 10.0. The largest absolute Gasteiger partial charge is 0.385 e. The first-order valence-corrected chi connectivity index (χ1v) is 7.88. The van der Waals surface area contributed by atoms with Crippen molar-refractivity contribution >= 4 is 0 Å². The van der Waals surface area contributed by atoms with Gasteiger partial charge in [0.25, 0.3) is 0 Å². The maximum absolute atomic E-state index is 10.8. The van der Waals surface area contributed by atoms with Crippen LogP contribution in [0.4, 0.5) is 0 Å². The molecule has 1 aromatic heterocycles. The monoisotopic (exact) mass is 284 g/mol. The minimum absolute atomic E-state index is 0.551. The highest BCUT2D eigenvalue weighted by atomic mass is 16.3. The van der Waals surface area contributed by atoms with E-state index in [4.69, 9.17) is 0 Å². The average Bonchev–Trinajstić information content (AvgIpc) is 3.09. The molecule has 1 N–H and O–H groups in total. The third kappa shape index (κ3) is 3.18. The van der Waals surface area contributed by atoms with Crippen molar-refractivity contribution in [3.63, 3.8) is 0 Å². The van der Waals surface area contributed by atoms with Crippen LogP contribution in [0.25, 0.3) is 0 Å². The molecule has 1 atom stereocenters. The number of hydrogen-bond donors (Lipinski definition) is 1. The Bertz CT molecular complexity index is 592. The Morgan fingerprint density at radius 3 is 2.52 bits per heavy atom. The second kappa shape index (κ2) is 5.64. The molecule has 3 heteroatoms. The fourth-order valence-corrected chi connectivity index (χ4v) is 3.21. The van der Waals surface area contributed by atoms with E-state index in [1.807, 2.05) is 37.3 Å². The van der Waals surface area contributed by atoms with Gasteiger partial charge in [0.15, 0.2) is 0 Å². The van der Waals surface area contributed by atoms with E-state index in [9.17, 15) is 5.11 Å². The first-order valence-electron chi connectivity index (χ1n) is 7.88. The number of aromatic nitrogens is 2. The summed E-state index contributed by atoms with van der Waals surface area (Å²) in [5.41, 5.74) is 2.25. The summed E-state index contributed by atoms with van der Waals surface area (Å²) in [7, 11) is 0. The van der Waals surface area contributed by atoms with E-state index in [2.05, 4.69) is 22.9 Å². The van der Waals surface area contributed by atoms with Crippen molar-refractivity contribution < 1.29 is 5.11 Å². The molecule has 1 saturated carbocycles. The number of hydrogen-bond acceptors (Lipinski definition) is 2. The molecule has 3 nitrogen and oxygen atoms in total. The molecule has 0 bridgehead atoms.